The van der Waals surface area contributed by atoms with E-state index in [0.29, 0.717) is 26.2 Å². The van der Waals surface area contributed by atoms with Crippen molar-refractivity contribution in [3.63, 3.8) is 0 Å². The van der Waals surface area contributed by atoms with Crippen LogP contribution in [0, 0.1) is 0 Å². The molecule has 2 atom stereocenters. The van der Waals surface area contributed by atoms with E-state index in [0.717, 1.165) is 25.7 Å². The van der Waals surface area contributed by atoms with Gasteiger partial charge in [-0.05, 0) is 19.3 Å². The van der Waals surface area contributed by atoms with Crippen molar-refractivity contribution in [2.24, 2.45) is 5.73 Å². The van der Waals surface area contributed by atoms with Crippen molar-refractivity contribution in [1.29, 1.82) is 0 Å². The molecule has 0 aromatic heterocycles. The lowest BCUT2D eigenvalue weighted by molar-refractivity contribution is 0.114. The first-order valence-corrected chi connectivity index (χ1v) is 7.99. The molecule has 2 rings (SSSR count). The van der Waals surface area contributed by atoms with Gasteiger partial charge < -0.3 is 10.5 Å². The van der Waals surface area contributed by atoms with Crippen molar-refractivity contribution in [1.82, 2.24) is 8.61 Å². The summed E-state index contributed by atoms with van der Waals surface area (Å²) in [5.74, 6) is 0. The zero-order valence-corrected chi connectivity index (χ0v) is 11.7. The van der Waals surface area contributed by atoms with E-state index in [9.17, 15) is 8.42 Å². The molecule has 2 aliphatic heterocycles. The largest absolute Gasteiger partial charge is 0.380 e. The zero-order valence-electron chi connectivity index (χ0n) is 10.9. The molecule has 2 unspecified atom stereocenters. The smallest absolute Gasteiger partial charge is 0.282 e. The van der Waals surface area contributed by atoms with Gasteiger partial charge in [-0.25, -0.2) is 0 Å². The standard InChI is InChI=1S/C11H23N3O3S/c1-17-11-5-7-13(9-11)18(15,16)14-6-3-2-4-10(14)8-12/h10-11H,2-9,12H2,1H3. The van der Waals surface area contributed by atoms with E-state index in [1.807, 2.05) is 0 Å². The van der Waals surface area contributed by atoms with Gasteiger partial charge in [-0.2, -0.15) is 17.0 Å². The first-order chi connectivity index (χ1) is 8.59. The SMILES string of the molecule is COC1CCN(S(=O)(=O)N2CCCCC2CN)C1. The van der Waals surface area contributed by atoms with Crippen LogP contribution in [-0.2, 0) is 14.9 Å². The predicted octanol–water partition coefficient (Wildman–Crippen LogP) is -0.235. The van der Waals surface area contributed by atoms with Gasteiger partial charge in [-0.1, -0.05) is 6.42 Å². The molecule has 2 saturated heterocycles. The van der Waals surface area contributed by atoms with Gasteiger partial charge in [0.2, 0.25) is 0 Å². The average Bonchev–Trinajstić information content (AvgIpc) is 2.88. The Hall–Kier alpha value is -0.210. The third-order valence-electron chi connectivity index (χ3n) is 3.91. The fourth-order valence-electron chi connectivity index (χ4n) is 2.76. The molecule has 0 aliphatic carbocycles. The molecule has 2 aliphatic rings. The Labute approximate surface area is 109 Å². The number of ether oxygens (including phenoxy) is 1. The van der Waals surface area contributed by atoms with Crippen molar-refractivity contribution < 1.29 is 13.2 Å². The molecule has 2 heterocycles. The first kappa shape index (κ1) is 14.2. The topological polar surface area (TPSA) is 75.9 Å². The Balaban J connectivity index is 2.10. The summed E-state index contributed by atoms with van der Waals surface area (Å²) in [7, 11) is -1.73. The maximum absolute atomic E-state index is 12.6. The van der Waals surface area contributed by atoms with E-state index >= 15 is 0 Å². The second-order valence-electron chi connectivity index (χ2n) is 5.01. The van der Waals surface area contributed by atoms with Crippen molar-refractivity contribution in [3.8, 4) is 0 Å². The summed E-state index contributed by atoms with van der Waals surface area (Å²) >= 11 is 0. The summed E-state index contributed by atoms with van der Waals surface area (Å²) in [6.45, 7) is 2.01. The number of rotatable bonds is 4. The highest BCUT2D eigenvalue weighted by Gasteiger charge is 2.39. The van der Waals surface area contributed by atoms with Gasteiger partial charge in [0.05, 0.1) is 6.10 Å². The molecule has 0 spiro atoms. The molecule has 2 N–H and O–H groups in total. The van der Waals surface area contributed by atoms with Crippen LogP contribution in [0.15, 0.2) is 0 Å². The van der Waals surface area contributed by atoms with E-state index in [-0.39, 0.29) is 12.1 Å². The fourth-order valence-corrected chi connectivity index (χ4v) is 4.68. The Kier molecular flexibility index (Phi) is 4.60. The highest BCUT2D eigenvalue weighted by molar-refractivity contribution is 7.86. The van der Waals surface area contributed by atoms with E-state index in [2.05, 4.69) is 0 Å². The molecule has 2 fully saturated rings. The van der Waals surface area contributed by atoms with Gasteiger partial charge in [0.1, 0.15) is 0 Å². The van der Waals surface area contributed by atoms with Crippen LogP contribution in [0.5, 0.6) is 0 Å². The third-order valence-corrected chi connectivity index (χ3v) is 5.97. The van der Waals surface area contributed by atoms with Crippen LogP contribution in [0.3, 0.4) is 0 Å². The molecule has 6 nitrogen and oxygen atoms in total. The number of nitrogens with two attached hydrogens (primary N) is 1. The number of hydrogen-bond donors (Lipinski definition) is 1. The van der Waals surface area contributed by atoms with E-state index in [4.69, 9.17) is 10.5 Å². The monoisotopic (exact) mass is 277 g/mol. The van der Waals surface area contributed by atoms with Crippen LogP contribution in [0.1, 0.15) is 25.7 Å². The van der Waals surface area contributed by atoms with Crippen molar-refractivity contribution in [2.45, 2.75) is 37.8 Å². The maximum Gasteiger partial charge on any atom is 0.282 e. The molecule has 0 aromatic rings. The Morgan fingerprint density at radius 3 is 2.67 bits per heavy atom. The molecule has 18 heavy (non-hydrogen) atoms. The molecule has 0 aromatic carbocycles. The van der Waals surface area contributed by atoms with Gasteiger partial charge in [0.25, 0.3) is 10.2 Å². The lowest BCUT2D eigenvalue weighted by Gasteiger charge is -2.36. The van der Waals surface area contributed by atoms with Crippen LogP contribution in [0.25, 0.3) is 0 Å². The molecular weight excluding hydrogens is 254 g/mol. The normalized spacial score (nSPS) is 31.9. The second-order valence-corrected chi connectivity index (χ2v) is 6.89. The minimum absolute atomic E-state index is 0.0286. The van der Waals surface area contributed by atoms with Gasteiger partial charge in [-0.3, -0.25) is 0 Å². The van der Waals surface area contributed by atoms with E-state index < -0.39 is 10.2 Å². The highest BCUT2D eigenvalue weighted by atomic mass is 32.2. The predicted molar refractivity (Wildman–Crippen MR) is 69.3 cm³/mol. The van der Waals surface area contributed by atoms with E-state index in [1.165, 1.54) is 4.31 Å². The lowest BCUT2D eigenvalue weighted by Crippen LogP contribution is -2.52. The van der Waals surface area contributed by atoms with Crippen LogP contribution in [-0.4, -0.2) is 62.5 Å². The summed E-state index contributed by atoms with van der Waals surface area (Å²) in [4.78, 5) is 0. The van der Waals surface area contributed by atoms with Crippen molar-refractivity contribution in [3.05, 3.63) is 0 Å². The minimum Gasteiger partial charge on any atom is -0.380 e. The minimum atomic E-state index is -3.36. The molecule has 106 valence electrons. The second kappa shape index (κ2) is 5.83. The summed E-state index contributed by atoms with van der Waals surface area (Å²) in [6.07, 6.45) is 3.67. The fraction of sp³-hybridized carbons (Fsp3) is 1.00. The van der Waals surface area contributed by atoms with Crippen LogP contribution in [0.4, 0.5) is 0 Å². The number of methoxy groups -OCH3 is 1. The number of hydrogen-bond acceptors (Lipinski definition) is 4. The number of piperidine rings is 1. The highest BCUT2D eigenvalue weighted by Crippen LogP contribution is 2.25. The molecule has 0 radical (unpaired) electrons. The van der Waals surface area contributed by atoms with Gasteiger partial charge >= 0.3 is 0 Å². The Morgan fingerprint density at radius 1 is 1.28 bits per heavy atom. The Morgan fingerprint density at radius 2 is 2.06 bits per heavy atom. The van der Waals surface area contributed by atoms with Crippen LogP contribution in [0.2, 0.25) is 0 Å². The summed E-state index contributed by atoms with van der Waals surface area (Å²) in [6, 6.07) is -0.0367. The van der Waals surface area contributed by atoms with Gasteiger partial charge in [0, 0.05) is 39.3 Å². The number of nitrogens with zero attached hydrogens (tertiary/aromatic N) is 2. The summed E-state index contributed by atoms with van der Waals surface area (Å²) in [5.41, 5.74) is 5.69. The summed E-state index contributed by atoms with van der Waals surface area (Å²) < 4.78 is 33.5. The van der Waals surface area contributed by atoms with Crippen LogP contribution >= 0.6 is 0 Å². The van der Waals surface area contributed by atoms with Crippen molar-refractivity contribution in [2.75, 3.05) is 33.3 Å². The Bertz CT molecular complexity index is 374. The third kappa shape index (κ3) is 2.70. The summed E-state index contributed by atoms with van der Waals surface area (Å²) in [5, 5.41) is 0. The molecule has 0 bridgehead atoms. The van der Waals surface area contributed by atoms with Crippen molar-refractivity contribution >= 4 is 10.2 Å². The van der Waals surface area contributed by atoms with Gasteiger partial charge in [-0.15, -0.1) is 0 Å². The average molecular weight is 277 g/mol. The molecular formula is C11H23N3O3S. The maximum atomic E-state index is 12.6. The molecule has 7 heteroatoms. The van der Waals surface area contributed by atoms with Crippen LogP contribution < -0.4 is 5.73 Å². The molecule has 0 saturated carbocycles. The van der Waals surface area contributed by atoms with E-state index in [1.54, 1.807) is 11.4 Å². The zero-order chi connectivity index (χ0) is 13.2. The van der Waals surface area contributed by atoms with Gasteiger partial charge in [0.15, 0.2) is 0 Å². The first-order valence-electron chi connectivity index (χ1n) is 6.59. The lowest BCUT2D eigenvalue weighted by atomic mass is 10.1. The molecule has 0 amide bonds. The quantitative estimate of drug-likeness (QED) is 0.770.